The van der Waals surface area contributed by atoms with Crippen LogP contribution in [0.3, 0.4) is 0 Å². The van der Waals surface area contributed by atoms with Crippen LogP contribution in [0.1, 0.15) is 37.8 Å². The molecule has 0 spiro atoms. The Balaban J connectivity index is 1.09. The highest BCUT2D eigenvalue weighted by atomic mass is 16.3. The summed E-state index contributed by atoms with van der Waals surface area (Å²) in [4.78, 5) is 2.46. The van der Waals surface area contributed by atoms with Crippen molar-refractivity contribution >= 4 is 76.9 Å². The summed E-state index contributed by atoms with van der Waals surface area (Å²) in [5.41, 5.74) is 15.5. The summed E-state index contributed by atoms with van der Waals surface area (Å²) in [6, 6.07) is 64.5. The summed E-state index contributed by atoms with van der Waals surface area (Å²) in [6.07, 6.45) is 6.90. The van der Waals surface area contributed by atoms with Gasteiger partial charge in [-0.2, -0.15) is 0 Å². The van der Waals surface area contributed by atoms with Gasteiger partial charge in [-0.05, 0) is 138 Å². The molecule has 2 nitrogen and oxygen atoms in total. The SMILES string of the molecule is CC1(C)C2=C(CCC=C2)c2ccc(N(c3ccc(-c4cc5ccccc5c5ccccc45)cc3)c3cccc4oc5cc(-c6ccccc6)c6ccccc6c5c34)cc21. The number of benzene rings is 9. The van der Waals surface area contributed by atoms with Crippen LogP contribution in [-0.2, 0) is 5.41 Å². The lowest BCUT2D eigenvalue weighted by Gasteiger charge is -2.29. The second-order valence-electron chi connectivity index (χ2n) is 16.7. The van der Waals surface area contributed by atoms with E-state index < -0.39 is 0 Å². The maximum Gasteiger partial charge on any atom is 0.137 e. The predicted molar refractivity (Wildman–Crippen MR) is 250 cm³/mol. The summed E-state index contributed by atoms with van der Waals surface area (Å²) >= 11 is 0. The monoisotopic (exact) mass is 755 g/mol. The van der Waals surface area contributed by atoms with E-state index in [0.717, 1.165) is 51.8 Å². The number of hydrogen-bond donors (Lipinski definition) is 0. The highest BCUT2D eigenvalue weighted by Crippen LogP contribution is 2.53. The molecule has 2 aliphatic carbocycles. The minimum atomic E-state index is -0.0946. The zero-order chi connectivity index (χ0) is 39.2. The number of allylic oxidation sites excluding steroid dienone is 4. The Morgan fingerprint density at radius 2 is 1.15 bits per heavy atom. The van der Waals surface area contributed by atoms with Gasteiger partial charge < -0.3 is 9.32 Å². The highest BCUT2D eigenvalue weighted by Gasteiger charge is 2.37. The molecule has 0 N–H and O–H groups in total. The van der Waals surface area contributed by atoms with Crippen molar-refractivity contribution in [1.29, 1.82) is 0 Å². The zero-order valence-corrected chi connectivity index (χ0v) is 33.2. The fourth-order valence-electron chi connectivity index (χ4n) is 10.3. The number of hydrogen-bond acceptors (Lipinski definition) is 2. The van der Waals surface area contributed by atoms with Gasteiger partial charge in [0.2, 0.25) is 0 Å². The van der Waals surface area contributed by atoms with Crippen molar-refractivity contribution in [3.05, 3.63) is 205 Å². The van der Waals surface area contributed by atoms with Gasteiger partial charge in [-0.3, -0.25) is 0 Å². The Morgan fingerprint density at radius 3 is 1.97 bits per heavy atom. The van der Waals surface area contributed by atoms with E-state index in [1.807, 2.05) is 0 Å². The summed E-state index contributed by atoms with van der Waals surface area (Å²) in [5.74, 6) is 0. The first-order chi connectivity index (χ1) is 29.0. The van der Waals surface area contributed by atoms with Gasteiger partial charge in [-0.1, -0.05) is 153 Å². The lowest BCUT2D eigenvalue weighted by atomic mass is 9.80. The predicted octanol–water partition coefficient (Wildman–Crippen LogP) is 16.2. The molecule has 0 atom stereocenters. The van der Waals surface area contributed by atoms with Crippen molar-refractivity contribution in [3.8, 4) is 22.3 Å². The lowest BCUT2D eigenvalue weighted by molar-refractivity contribution is 0.651. The Labute approximate surface area is 344 Å². The van der Waals surface area contributed by atoms with Crippen LogP contribution in [0, 0.1) is 0 Å². The molecule has 0 radical (unpaired) electrons. The number of anilines is 3. The van der Waals surface area contributed by atoms with Crippen molar-refractivity contribution in [2.45, 2.75) is 32.1 Å². The Morgan fingerprint density at radius 1 is 0.492 bits per heavy atom. The fourth-order valence-corrected chi connectivity index (χ4v) is 10.3. The molecular weight excluding hydrogens is 715 g/mol. The third-order valence-electron chi connectivity index (χ3n) is 13.1. The summed E-state index contributed by atoms with van der Waals surface area (Å²) in [6.45, 7) is 4.78. The Kier molecular flexibility index (Phi) is 7.43. The molecule has 0 fully saturated rings. The first-order valence-electron chi connectivity index (χ1n) is 20.8. The van der Waals surface area contributed by atoms with Crippen LogP contribution in [0.5, 0.6) is 0 Å². The van der Waals surface area contributed by atoms with Gasteiger partial charge in [0.15, 0.2) is 0 Å². The van der Waals surface area contributed by atoms with Gasteiger partial charge in [-0.15, -0.1) is 0 Å². The topological polar surface area (TPSA) is 16.4 Å². The van der Waals surface area contributed by atoms with Gasteiger partial charge in [0.25, 0.3) is 0 Å². The van der Waals surface area contributed by atoms with Crippen LogP contribution in [0.4, 0.5) is 17.1 Å². The van der Waals surface area contributed by atoms with Crippen molar-refractivity contribution < 1.29 is 4.42 Å². The van der Waals surface area contributed by atoms with Gasteiger partial charge in [0.1, 0.15) is 11.2 Å². The third kappa shape index (κ3) is 5.12. The fraction of sp³-hybridized carbons (Fsp3) is 0.0877. The largest absolute Gasteiger partial charge is 0.456 e. The first-order valence-corrected chi connectivity index (χ1v) is 20.8. The average molecular weight is 756 g/mol. The van der Waals surface area contributed by atoms with E-state index in [9.17, 15) is 0 Å². The number of rotatable bonds is 5. The van der Waals surface area contributed by atoms with Crippen LogP contribution in [0.25, 0.3) is 82.1 Å². The third-order valence-corrected chi connectivity index (χ3v) is 13.1. The summed E-state index contributed by atoms with van der Waals surface area (Å²) < 4.78 is 6.87. The average Bonchev–Trinajstić information content (AvgIpc) is 3.79. The van der Waals surface area contributed by atoms with Crippen molar-refractivity contribution in [3.63, 3.8) is 0 Å². The van der Waals surface area contributed by atoms with Crippen LogP contribution in [0.15, 0.2) is 198 Å². The van der Waals surface area contributed by atoms with Gasteiger partial charge in [-0.25, -0.2) is 0 Å². The van der Waals surface area contributed by atoms with Crippen molar-refractivity contribution in [1.82, 2.24) is 0 Å². The minimum Gasteiger partial charge on any atom is -0.456 e. The molecule has 59 heavy (non-hydrogen) atoms. The first kappa shape index (κ1) is 33.9. The highest BCUT2D eigenvalue weighted by molar-refractivity contribution is 6.25. The zero-order valence-electron chi connectivity index (χ0n) is 33.2. The van der Waals surface area contributed by atoms with E-state index in [1.54, 1.807) is 0 Å². The lowest BCUT2D eigenvalue weighted by Crippen LogP contribution is -2.18. The maximum atomic E-state index is 6.87. The van der Waals surface area contributed by atoms with E-state index >= 15 is 0 Å². The molecule has 0 unspecified atom stereocenters. The van der Waals surface area contributed by atoms with E-state index in [2.05, 4.69) is 207 Å². The Bertz CT molecular complexity index is 3400. The molecule has 0 aliphatic heterocycles. The maximum absolute atomic E-state index is 6.87. The van der Waals surface area contributed by atoms with Crippen molar-refractivity contribution in [2.24, 2.45) is 0 Å². The quantitative estimate of drug-likeness (QED) is 0.163. The molecule has 2 heteroatoms. The van der Waals surface area contributed by atoms with E-state index in [0.29, 0.717) is 0 Å². The molecule has 9 aromatic carbocycles. The minimum absolute atomic E-state index is 0.0946. The molecule has 2 aliphatic rings. The second kappa shape index (κ2) is 12.9. The molecule has 1 heterocycles. The van der Waals surface area contributed by atoms with E-state index in [-0.39, 0.29) is 5.41 Å². The van der Waals surface area contributed by atoms with Crippen LogP contribution in [-0.4, -0.2) is 0 Å². The molecular formula is C57H41NO. The van der Waals surface area contributed by atoms with E-state index in [4.69, 9.17) is 4.42 Å². The molecule has 280 valence electrons. The molecule has 12 rings (SSSR count). The summed E-state index contributed by atoms with van der Waals surface area (Å²) in [7, 11) is 0. The van der Waals surface area contributed by atoms with Crippen LogP contribution < -0.4 is 4.90 Å². The van der Waals surface area contributed by atoms with Gasteiger partial charge >= 0.3 is 0 Å². The molecule has 0 bridgehead atoms. The van der Waals surface area contributed by atoms with Crippen molar-refractivity contribution in [2.75, 3.05) is 4.90 Å². The molecule has 0 saturated carbocycles. The van der Waals surface area contributed by atoms with Crippen LogP contribution in [0.2, 0.25) is 0 Å². The molecule has 10 aromatic rings. The number of furan rings is 1. The summed E-state index contributed by atoms with van der Waals surface area (Å²) in [5, 5.41) is 9.72. The smallest absolute Gasteiger partial charge is 0.137 e. The molecule has 1 aromatic heterocycles. The standard InChI is InChI=1S/C57H41NO/c1-57(2)50-24-13-12-22-45(50)46-32-31-40(34-51(46)57)58(39-29-27-37(28-30-39)48-33-38-17-6-7-18-41(38)42-19-8-9-20-43(42)48)52-25-14-26-53-56(52)55-47-23-11-10-21-44(47)49(35-54(55)59-53)36-15-4-3-5-16-36/h3-11,13-21,23-35H,12,22H2,1-2H3. The van der Waals surface area contributed by atoms with E-state index in [1.165, 1.54) is 76.8 Å². The second-order valence-corrected chi connectivity index (χ2v) is 16.7. The van der Waals surface area contributed by atoms with Crippen LogP contribution >= 0.6 is 0 Å². The number of nitrogens with zero attached hydrogens (tertiary/aromatic N) is 1. The van der Waals surface area contributed by atoms with Gasteiger partial charge in [0.05, 0.1) is 11.1 Å². The molecule has 0 amide bonds. The van der Waals surface area contributed by atoms with Gasteiger partial charge in [0, 0.05) is 22.2 Å². The Hall–Kier alpha value is -7.16. The number of fused-ring (bicyclic) bond motifs is 10. The molecule has 0 saturated heterocycles. The normalized spacial score (nSPS) is 14.5.